The fourth-order valence-corrected chi connectivity index (χ4v) is 2.85. The molecule has 0 atom stereocenters. The van der Waals surface area contributed by atoms with Gasteiger partial charge in [0.1, 0.15) is 24.0 Å². The molecule has 31 heavy (non-hydrogen) atoms. The Hall–Kier alpha value is -3.96. The van der Waals surface area contributed by atoms with Gasteiger partial charge in [0.15, 0.2) is 0 Å². The summed E-state index contributed by atoms with van der Waals surface area (Å²) in [6.07, 6.45) is 1.49. The lowest BCUT2D eigenvalue weighted by atomic mass is 10.1. The fraction of sp³-hybridized carbons (Fsp3) is 0.0435. The minimum atomic E-state index is -0.497. The Balaban J connectivity index is 1.61. The van der Waals surface area contributed by atoms with Crippen LogP contribution in [-0.2, 0) is 11.4 Å². The van der Waals surface area contributed by atoms with Gasteiger partial charge in [-0.15, -0.1) is 0 Å². The van der Waals surface area contributed by atoms with Crippen LogP contribution in [0.2, 0.25) is 0 Å². The van der Waals surface area contributed by atoms with Gasteiger partial charge < -0.3 is 10.1 Å². The van der Waals surface area contributed by atoms with E-state index in [1.165, 1.54) is 18.2 Å². The molecule has 0 saturated heterocycles. The standard InChI is InChI=1S/C23H16BrN3O4/c24-19-5-7-20(8-6-19)26-23(28)18(14-25)13-16-3-11-22(12-4-16)31-15-17-1-9-21(10-2-17)27(29)30/h1-13H,15H2,(H,26,28)/b18-13-. The molecule has 0 aliphatic heterocycles. The second-order valence-corrected chi connectivity index (χ2v) is 7.33. The smallest absolute Gasteiger partial charge is 0.269 e. The number of rotatable bonds is 7. The van der Waals surface area contributed by atoms with Crippen molar-refractivity contribution in [2.24, 2.45) is 0 Å². The summed E-state index contributed by atoms with van der Waals surface area (Å²) in [7, 11) is 0. The summed E-state index contributed by atoms with van der Waals surface area (Å²) in [5.41, 5.74) is 2.06. The monoisotopic (exact) mass is 477 g/mol. The molecule has 0 unspecified atom stereocenters. The highest BCUT2D eigenvalue weighted by Crippen LogP contribution is 2.19. The number of nitrogens with one attached hydrogen (secondary N) is 1. The Labute approximate surface area is 186 Å². The molecule has 7 nitrogen and oxygen atoms in total. The highest BCUT2D eigenvalue weighted by atomic mass is 79.9. The van der Waals surface area contributed by atoms with Gasteiger partial charge in [-0.25, -0.2) is 0 Å². The quantitative estimate of drug-likeness (QED) is 0.210. The van der Waals surface area contributed by atoms with Crippen molar-refractivity contribution in [2.45, 2.75) is 6.61 Å². The van der Waals surface area contributed by atoms with E-state index in [-0.39, 0.29) is 17.9 Å². The van der Waals surface area contributed by atoms with Crippen LogP contribution in [0, 0.1) is 21.4 Å². The summed E-state index contributed by atoms with van der Waals surface area (Å²) in [6, 6.07) is 22.0. The first-order valence-electron chi connectivity index (χ1n) is 9.09. The van der Waals surface area contributed by atoms with Crippen LogP contribution in [0.3, 0.4) is 0 Å². The Morgan fingerprint density at radius 3 is 2.29 bits per heavy atom. The molecule has 1 amide bonds. The second-order valence-electron chi connectivity index (χ2n) is 6.41. The van der Waals surface area contributed by atoms with E-state index >= 15 is 0 Å². The van der Waals surface area contributed by atoms with Crippen LogP contribution < -0.4 is 10.1 Å². The van der Waals surface area contributed by atoms with Crippen molar-refractivity contribution in [2.75, 3.05) is 5.32 Å². The van der Waals surface area contributed by atoms with E-state index in [1.54, 1.807) is 60.7 Å². The predicted molar refractivity (Wildman–Crippen MR) is 120 cm³/mol. The van der Waals surface area contributed by atoms with Gasteiger partial charge >= 0.3 is 0 Å². The third-order valence-electron chi connectivity index (χ3n) is 4.21. The van der Waals surface area contributed by atoms with E-state index in [0.717, 1.165) is 10.0 Å². The first kappa shape index (κ1) is 21.7. The first-order chi connectivity index (χ1) is 14.9. The van der Waals surface area contributed by atoms with Gasteiger partial charge in [-0.3, -0.25) is 14.9 Å². The molecule has 0 aromatic heterocycles. The molecule has 0 aliphatic rings. The van der Waals surface area contributed by atoms with Gasteiger partial charge in [-0.2, -0.15) is 5.26 Å². The number of non-ortho nitro benzene ring substituents is 1. The topological polar surface area (TPSA) is 105 Å². The molecule has 0 radical (unpaired) electrons. The molecule has 3 aromatic carbocycles. The molecule has 1 N–H and O–H groups in total. The number of carbonyl (C=O) groups is 1. The maximum atomic E-state index is 12.3. The summed E-state index contributed by atoms with van der Waals surface area (Å²) < 4.78 is 6.56. The summed E-state index contributed by atoms with van der Waals surface area (Å²) >= 11 is 3.33. The Bertz CT molecular complexity index is 1150. The zero-order valence-electron chi connectivity index (χ0n) is 16.1. The Kier molecular flexibility index (Phi) is 7.14. The fourth-order valence-electron chi connectivity index (χ4n) is 2.59. The number of hydrogen-bond donors (Lipinski definition) is 1. The van der Waals surface area contributed by atoms with E-state index in [1.807, 2.05) is 6.07 Å². The summed E-state index contributed by atoms with van der Waals surface area (Å²) in [4.78, 5) is 22.6. The van der Waals surface area contributed by atoms with Crippen molar-refractivity contribution in [3.8, 4) is 11.8 Å². The number of nitrogens with zero attached hydrogens (tertiary/aromatic N) is 2. The first-order valence-corrected chi connectivity index (χ1v) is 9.89. The second kappa shape index (κ2) is 10.2. The molecule has 0 saturated carbocycles. The lowest BCUT2D eigenvalue weighted by molar-refractivity contribution is -0.384. The number of ether oxygens (including phenoxy) is 1. The number of nitro groups is 1. The van der Waals surface area contributed by atoms with Crippen molar-refractivity contribution in [1.82, 2.24) is 0 Å². The van der Waals surface area contributed by atoms with E-state index in [4.69, 9.17) is 4.74 Å². The summed E-state index contributed by atoms with van der Waals surface area (Å²) in [5.74, 6) is 0.0941. The van der Waals surface area contributed by atoms with Gasteiger partial charge in [0, 0.05) is 22.3 Å². The molecule has 0 fully saturated rings. The number of benzene rings is 3. The van der Waals surface area contributed by atoms with E-state index in [0.29, 0.717) is 17.0 Å². The van der Waals surface area contributed by atoms with Crippen molar-refractivity contribution in [3.63, 3.8) is 0 Å². The highest BCUT2D eigenvalue weighted by Gasteiger charge is 2.10. The molecule has 0 spiro atoms. The zero-order chi connectivity index (χ0) is 22.2. The lowest BCUT2D eigenvalue weighted by Gasteiger charge is -2.07. The number of carbonyl (C=O) groups excluding carboxylic acids is 1. The Morgan fingerprint density at radius 1 is 1.06 bits per heavy atom. The molecule has 154 valence electrons. The average molecular weight is 478 g/mol. The lowest BCUT2D eigenvalue weighted by Crippen LogP contribution is -2.13. The summed E-state index contributed by atoms with van der Waals surface area (Å²) in [5, 5.41) is 22.7. The Morgan fingerprint density at radius 2 is 1.71 bits per heavy atom. The van der Waals surface area contributed by atoms with E-state index in [9.17, 15) is 20.2 Å². The largest absolute Gasteiger partial charge is 0.489 e. The van der Waals surface area contributed by atoms with Gasteiger partial charge in [-0.1, -0.05) is 28.1 Å². The molecular weight excluding hydrogens is 462 g/mol. The molecule has 3 rings (SSSR count). The van der Waals surface area contributed by atoms with Crippen molar-refractivity contribution >= 4 is 39.3 Å². The minimum Gasteiger partial charge on any atom is -0.489 e. The van der Waals surface area contributed by atoms with Gasteiger partial charge in [-0.05, 0) is 65.7 Å². The van der Waals surface area contributed by atoms with Gasteiger partial charge in [0.2, 0.25) is 0 Å². The number of halogens is 1. The number of amides is 1. The number of nitro benzene ring substituents is 1. The maximum Gasteiger partial charge on any atom is 0.269 e. The zero-order valence-corrected chi connectivity index (χ0v) is 17.7. The molecule has 8 heteroatoms. The van der Waals surface area contributed by atoms with Gasteiger partial charge in [0.25, 0.3) is 11.6 Å². The summed E-state index contributed by atoms with van der Waals surface area (Å²) in [6.45, 7) is 0.256. The van der Waals surface area contributed by atoms with Crippen LogP contribution in [0.5, 0.6) is 5.75 Å². The van der Waals surface area contributed by atoms with E-state index < -0.39 is 10.8 Å². The van der Waals surface area contributed by atoms with Crippen molar-refractivity contribution < 1.29 is 14.5 Å². The van der Waals surface area contributed by atoms with Crippen LogP contribution >= 0.6 is 15.9 Å². The number of nitriles is 1. The number of anilines is 1. The third kappa shape index (κ3) is 6.26. The van der Waals surface area contributed by atoms with E-state index in [2.05, 4.69) is 21.2 Å². The minimum absolute atomic E-state index is 0.0253. The van der Waals surface area contributed by atoms with Crippen LogP contribution in [-0.4, -0.2) is 10.8 Å². The molecule has 0 bridgehead atoms. The average Bonchev–Trinajstić information content (AvgIpc) is 2.78. The SMILES string of the molecule is N#C/C(=C/c1ccc(OCc2ccc([N+](=O)[O-])cc2)cc1)C(=O)Nc1ccc(Br)cc1. The van der Waals surface area contributed by atoms with Gasteiger partial charge in [0.05, 0.1) is 4.92 Å². The van der Waals surface area contributed by atoms with Crippen molar-refractivity contribution in [3.05, 3.63) is 104 Å². The van der Waals surface area contributed by atoms with Crippen LogP contribution in [0.4, 0.5) is 11.4 Å². The molecule has 0 aliphatic carbocycles. The van der Waals surface area contributed by atoms with Crippen LogP contribution in [0.15, 0.2) is 82.8 Å². The number of hydrogen-bond acceptors (Lipinski definition) is 5. The molecular formula is C23H16BrN3O4. The van der Waals surface area contributed by atoms with Crippen LogP contribution in [0.25, 0.3) is 6.08 Å². The third-order valence-corrected chi connectivity index (χ3v) is 4.74. The molecule has 0 heterocycles. The normalized spacial score (nSPS) is 10.8. The maximum absolute atomic E-state index is 12.3. The van der Waals surface area contributed by atoms with Crippen LogP contribution in [0.1, 0.15) is 11.1 Å². The predicted octanol–water partition coefficient (Wildman–Crippen LogP) is 5.48. The van der Waals surface area contributed by atoms with Crippen molar-refractivity contribution in [1.29, 1.82) is 5.26 Å². The highest BCUT2D eigenvalue weighted by molar-refractivity contribution is 9.10. The molecule has 3 aromatic rings.